The van der Waals surface area contributed by atoms with Crippen LogP contribution in [0.25, 0.3) is 20.8 Å². The largest absolute Gasteiger partial charge is 0.310 e. The van der Waals surface area contributed by atoms with E-state index in [0.29, 0.717) is 48.6 Å². The number of halogens is 2. The minimum Gasteiger partial charge on any atom is -0.310 e. The molecule has 4 rings (SSSR count). The number of fused-ring (bicyclic) bond motifs is 1. The van der Waals surface area contributed by atoms with Crippen molar-refractivity contribution >= 4 is 56.5 Å². The Labute approximate surface area is 164 Å². The van der Waals surface area contributed by atoms with Crippen molar-refractivity contribution in [3.8, 4) is 10.6 Å². The van der Waals surface area contributed by atoms with Gasteiger partial charge in [0, 0.05) is 18.1 Å². The lowest BCUT2D eigenvalue weighted by Crippen LogP contribution is -2.12. The summed E-state index contributed by atoms with van der Waals surface area (Å²) in [5, 5.41) is 1.40. The first kappa shape index (κ1) is 17.4. The first-order valence-electron chi connectivity index (χ1n) is 7.45. The maximum atomic E-state index is 12.6. The molecule has 0 radical (unpaired) electrons. The van der Waals surface area contributed by atoms with Crippen LogP contribution in [0.1, 0.15) is 17.0 Å². The highest BCUT2D eigenvalue weighted by atomic mass is 35.5. The standard InChI is InChI=1S/C16H10Cl2N4O2S2/c1-6-11-14(23)19-10(5-7-2-3-8(17)9(18)4-7)20-16(11)25-13(6)12-15(24)22-26-21-12/h2-4H,5H2,1H3,(H,22,24)(H,19,20,23). The summed E-state index contributed by atoms with van der Waals surface area (Å²) in [7, 11) is 0. The van der Waals surface area contributed by atoms with Crippen molar-refractivity contribution in [3.05, 3.63) is 65.9 Å². The number of H-pyrrole nitrogens is 2. The molecule has 3 heterocycles. The molecular formula is C16H10Cl2N4O2S2. The summed E-state index contributed by atoms with van der Waals surface area (Å²) in [6.07, 6.45) is 0.408. The first-order chi connectivity index (χ1) is 12.4. The van der Waals surface area contributed by atoms with Gasteiger partial charge in [0.2, 0.25) is 0 Å². The van der Waals surface area contributed by atoms with Crippen molar-refractivity contribution in [2.45, 2.75) is 13.3 Å². The Bertz CT molecular complexity index is 1260. The second kappa shape index (κ2) is 6.62. The van der Waals surface area contributed by atoms with Gasteiger partial charge >= 0.3 is 0 Å². The molecule has 0 spiro atoms. The topological polar surface area (TPSA) is 91.5 Å². The third-order valence-corrected chi connectivity index (χ3v) is 6.39. The summed E-state index contributed by atoms with van der Waals surface area (Å²) >= 11 is 14.2. The van der Waals surface area contributed by atoms with Crippen LogP contribution in [0.15, 0.2) is 27.8 Å². The predicted molar refractivity (Wildman–Crippen MR) is 106 cm³/mol. The number of nitrogens with zero attached hydrogens (tertiary/aromatic N) is 2. The number of nitrogens with one attached hydrogen (secondary N) is 2. The Morgan fingerprint density at radius 1 is 1.15 bits per heavy atom. The quantitative estimate of drug-likeness (QED) is 0.519. The second-order valence-corrected chi connectivity index (χ2v) is 8.02. The zero-order chi connectivity index (χ0) is 18.4. The smallest absolute Gasteiger partial charge is 0.286 e. The molecule has 1 aromatic carbocycles. The number of thiophene rings is 1. The number of benzene rings is 1. The average molecular weight is 425 g/mol. The van der Waals surface area contributed by atoms with E-state index in [2.05, 4.69) is 18.7 Å². The average Bonchev–Trinajstić information content (AvgIpc) is 3.14. The van der Waals surface area contributed by atoms with Crippen LogP contribution in [-0.2, 0) is 6.42 Å². The Morgan fingerprint density at radius 3 is 2.65 bits per heavy atom. The van der Waals surface area contributed by atoms with Crippen molar-refractivity contribution in [1.82, 2.24) is 18.7 Å². The Balaban J connectivity index is 1.81. The Morgan fingerprint density at radius 2 is 1.96 bits per heavy atom. The van der Waals surface area contributed by atoms with E-state index in [1.165, 1.54) is 11.3 Å². The van der Waals surface area contributed by atoms with Gasteiger partial charge in [-0.1, -0.05) is 29.3 Å². The fourth-order valence-corrected chi connectivity index (χ4v) is 4.74. The van der Waals surface area contributed by atoms with Crippen LogP contribution in [0, 0.1) is 6.92 Å². The van der Waals surface area contributed by atoms with Crippen LogP contribution < -0.4 is 11.1 Å². The van der Waals surface area contributed by atoms with E-state index in [9.17, 15) is 9.59 Å². The zero-order valence-corrected chi connectivity index (χ0v) is 16.4. The van der Waals surface area contributed by atoms with Gasteiger partial charge in [-0.15, -0.1) is 11.3 Å². The predicted octanol–water partition coefficient (Wildman–Crippen LogP) is 4.00. The second-order valence-electron chi connectivity index (χ2n) is 5.64. The van der Waals surface area contributed by atoms with Gasteiger partial charge in [-0.25, -0.2) is 4.98 Å². The molecule has 4 aromatic rings. The van der Waals surface area contributed by atoms with Gasteiger partial charge in [-0.2, -0.15) is 4.37 Å². The van der Waals surface area contributed by atoms with Gasteiger partial charge in [0.15, 0.2) is 5.69 Å². The van der Waals surface area contributed by atoms with E-state index in [-0.39, 0.29) is 11.1 Å². The van der Waals surface area contributed by atoms with Gasteiger partial charge in [-0.3, -0.25) is 14.0 Å². The van der Waals surface area contributed by atoms with E-state index in [1.807, 2.05) is 6.07 Å². The van der Waals surface area contributed by atoms with Crippen molar-refractivity contribution in [2.75, 3.05) is 0 Å². The lowest BCUT2D eigenvalue weighted by atomic mass is 10.1. The molecule has 0 amide bonds. The van der Waals surface area contributed by atoms with Crippen LogP contribution in [0.4, 0.5) is 0 Å². The maximum absolute atomic E-state index is 12.6. The van der Waals surface area contributed by atoms with Crippen LogP contribution >= 0.6 is 46.3 Å². The molecule has 0 aliphatic heterocycles. The molecule has 26 heavy (non-hydrogen) atoms. The molecule has 10 heteroatoms. The highest BCUT2D eigenvalue weighted by molar-refractivity contribution is 7.22. The monoisotopic (exact) mass is 424 g/mol. The molecule has 2 N–H and O–H groups in total. The molecule has 6 nitrogen and oxygen atoms in total. The van der Waals surface area contributed by atoms with Crippen molar-refractivity contribution in [1.29, 1.82) is 0 Å². The van der Waals surface area contributed by atoms with Crippen molar-refractivity contribution < 1.29 is 0 Å². The number of hydrogen-bond acceptors (Lipinski definition) is 6. The van der Waals surface area contributed by atoms with Gasteiger partial charge in [0.25, 0.3) is 11.1 Å². The third-order valence-electron chi connectivity index (χ3n) is 3.91. The molecule has 0 saturated carbocycles. The van der Waals surface area contributed by atoms with E-state index >= 15 is 0 Å². The minimum absolute atomic E-state index is 0.239. The number of hydrogen-bond donors (Lipinski definition) is 2. The van der Waals surface area contributed by atoms with Crippen LogP contribution in [0.5, 0.6) is 0 Å². The molecule has 132 valence electrons. The van der Waals surface area contributed by atoms with E-state index in [1.54, 1.807) is 19.1 Å². The summed E-state index contributed by atoms with van der Waals surface area (Å²) in [4.78, 5) is 33.0. The third kappa shape index (κ3) is 2.99. The molecule has 0 aliphatic rings. The van der Waals surface area contributed by atoms with Crippen LogP contribution in [0.3, 0.4) is 0 Å². The van der Waals surface area contributed by atoms with Crippen molar-refractivity contribution in [3.63, 3.8) is 0 Å². The molecule has 0 aliphatic carbocycles. The summed E-state index contributed by atoms with van der Waals surface area (Å²) in [6.45, 7) is 1.79. The van der Waals surface area contributed by atoms with Gasteiger partial charge in [0.05, 0.1) is 20.3 Å². The fourth-order valence-electron chi connectivity index (χ4n) is 2.69. The molecule has 0 fully saturated rings. The zero-order valence-electron chi connectivity index (χ0n) is 13.2. The number of aromatic amines is 2. The number of rotatable bonds is 3. The highest BCUT2D eigenvalue weighted by Crippen LogP contribution is 2.33. The van der Waals surface area contributed by atoms with Crippen LogP contribution in [-0.4, -0.2) is 18.7 Å². The van der Waals surface area contributed by atoms with Gasteiger partial charge in [-0.05, 0) is 30.2 Å². The SMILES string of the molecule is Cc1c(-c2ns[nH]c2=O)sc2nc(Cc3ccc(Cl)c(Cl)c3)[nH]c(=O)c12. The summed E-state index contributed by atoms with van der Waals surface area (Å²) in [5.74, 6) is 0.515. The van der Waals surface area contributed by atoms with E-state index in [0.717, 1.165) is 17.3 Å². The summed E-state index contributed by atoms with van der Waals surface area (Å²) in [6, 6.07) is 5.28. The lowest BCUT2D eigenvalue weighted by molar-refractivity contribution is 0.976. The van der Waals surface area contributed by atoms with Gasteiger partial charge < -0.3 is 4.98 Å². The van der Waals surface area contributed by atoms with E-state index < -0.39 is 0 Å². The molecular weight excluding hydrogens is 415 g/mol. The molecule has 3 aromatic heterocycles. The fraction of sp³-hybridized carbons (Fsp3) is 0.125. The lowest BCUT2D eigenvalue weighted by Gasteiger charge is -2.03. The van der Waals surface area contributed by atoms with Crippen molar-refractivity contribution in [2.24, 2.45) is 0 Å². The Hall–Kier alpha value is -2.00. The van der Waals surface area contributed by atoms with E-state index in [4.69, 9.17) is 23.2 Å². The van der Waals surface area contributed by atoms with Crippen LogP contribution in [0.2, 0.25) is 10.0 Å². The maximum Gasteiger partial charge on any atom is 0.286 e. The normalized spacial score (nSPS) is 11.3. The Kier molecular flexibility index (Phi) is 4.44. The summed E-state index contributed by atoms with van der Waals surface area (Å²) in [5.41, 5.74) is 1.40. The molecule has 0 unspecified atom stereocenters. The molecule has 0 bridgehead atoms. The minimum atomic E-state index is -0.267. The highest BCUT2D eigenvalue weighted by Gasteiger charge is 2.19. The first-order valence-corrected chi connectivity index (χ1v) is 9.79. The molecule has 0 saturated heterocycles. The van der Waals surface area contributed by atoms with Gasteiger partial charge in [0.1, 0.15) is 10.7 Å². The number of aromatic nitrogens is 4. The number of aryl methyl sites for hydroxylation is 1. The summed E-state index contributed by atoms with van der Waals surface area (Å²) < 4.78 is 6.66. The molecule has 0 atom stereocenters.